The molecule has 0 saturated carbocycles. The van der Waals surface area contributed by atoms with E-state index >= 15 is 0 Å². The van der Waals surface area contributed by atoms with Crippen LogP contribution in [0.4, 0.5) is 0 Å². The molecule has 0 fully saturated rings. The molecule has 7 nitrogen and oxygen atoms in total. The molecule has 1 N–H and O–H groups in total. The predicted octanol–water partition coefficient (Wildman–Crippen LogP) is 3.81. The van der Waals surface area contributed by atoms with E-state index in [9.17, 15) is 0 Å². The van der Waals surface area contributed by atoms with E-state index in [-0.39, 0.29) is 0 Å². The first-order valence-corrected chi connectivity index (χ1v) is 7.69. The summed E-state index contributed by atoms with van der Waals surface area (Å²) in [5.74, 6) is 2.30. The molecule has 4 aromatic rings. The van der Waals surface area contributed by atoms with Crippen LogP contribution >= 0.6 is 0 Å². The van der Waals surface area contributed by atoms with E-state index in [2.05, 4.69) is 20.3 Å². The first-order chi connectivity index (χ1) is 11.5. The number of H-pyrrole nitrogens is 1. The number of rotatable bonds is 2. The van der Waals surface area contributed by atoms with Crippen LogP contribution in [0.25, 0.3) is 33.5 Å². The van der Waals surface area contributed by atoms with E-state index in [0.29, 0.717) is 5.65 Å². The number of imidazole rings is 1. The number of aryl methyl sites for hydroxylation is 5. The van der Waals surface area contributed by atoms with Gasteiger partial charge in [0.25, 0.3) is 0 Å². The van der Waals surface area contributed by atoms with Crippen molar-refractivity contribution in [3.63, 3.8) is 0 Å². The van der Waals surface area contributed by atoms with Gasteiger partial charge in [-0.2, -0.15) is 0 Å². The number of hydrogen-bond donors (Lipinski definition) is 1. The number of pyridine rings is 1. The highest BCUT2D eigenvalue weighted by Crippen LogP contribution is 2.36. The summed E-state index contributed by atoms with van der Waals surface area (Å²) < 4.78 is 10.6. The summed E-state index contributed by atoms with van der Waals surface area (Å²) >= 11 is 0. The molecule has 0 saturated heterocycles. The van der Waals surface area contributed by atoms with E-state index in [0.717, 1.165) is 56.6 Å². The maximum Gasteiger partial charge on any atom is 0.178 e. The van der Waals surface area contributed by atoms with Crippen LogP contribution in [0.15, 0.2) is 15.1 Å². The van der Waals surface area contributed by atoms with Crippen molar-refractivity contribution in [2.75, 3.05) is 0 Å². The fraction of sp³-hybridized carbons (Fsp3) is 0.294. The SMILES string of the molecule is Cc1nc2nc(-c3c(C)noc3C)cc(-c3c(C)noc3C)c2[nH]1. The van der Waals surface area contributed by atoms with Crippen molar-refractivity contribution >= 4 is 11.2 Å². The topological polar surface area (TPSA) is 93.6 Å². The molecule has 0 aliphatic heterocycles. The van der Waals surface area contributed by atoms with E-state index in [4.69, 9.17) is 14.0 Å². The zero-order valence-electron chi connectivity index (χ0n) is 14.2. The summed E-state index contributed by atoms with van der Waals surface area (Å²) in [6.45, 7) is 9.53. The van der Waals surface area contributed by atoms with Crippen molar-refractivity contribution < 1.29 is 9.05 Å². The smallest absolute Gasteiger partial charge is 0.178 e. The Balaban J connectivity index is 2.09. The second-order valence-electron chi connectivity index (χ2n) is 5.97. The molecule has 0 amide bonds. The molecule has 4 rings (SSSR count). The number of nitrogens with one attached hydrogen (secondary N) is 1. The maximum absolute atomic E-state index is 5.35. The molecule has 7 heteroatoms. The molecule has 0 radical (unpaired) electrons. The highest BCUT2D eigenvalue weighted by Gasteiger charge is 2.21. The first kappa shape index (κ1) is 14.6. The average molecular weight is 323 g/mol. The van der Waals surface area contributed by atoms with Gasteiger partial charge < -0.3 is 14.0 Å². The molecule has 122 valence electrons. The minimum absolute atomic E-state index is 0.653. The molecule has 0 unspecified atom stereocenters. The van der Waals surface area contributed by atoms with Crippen LogP contribution in [0, 0.1) is 34.6 Å². The third-order valence-corrected chi connectivity index (χ3v) is 4.17. The van der Waals surface area contributed by atoms with Crippen molar-refractivity contribution in [1.82, 2.24) is 25.3 Å². The van der Waals surface area contributed by atoms with E-state index in [1.807, 2.05) is 40.7 Å². The standard InChI is InChI=1S/C17H17N5O2/c1-7-14(9(3)23-21-7)12-6-13(15-8(2)22-24-10(15)4)20-17-16(12)18-11(5)19-17/h6H,1-5H3,(H,18,19,20). The summed E-state index contributed by atoms with van der Waals surface area (Å²) in [6, 6.07) is 2.01. The van der Waals surface area contributed by atoms with Gasteiger partial charge in [-0.15, -0.1) is 0 Å². The Labute approximate surface area is 138 Å². The van der Waals surface area contributed by atoms with E-state index < -0.39 is 0 Å². The summed E-state index contributed by atoms with van der Waals surface area (Å²) in [4.78, 5) is 12.5. The maximum atomic E-state index is 5.35. The number of aromatic amines is 1. The summed E-state index contributed by atoms with van der Waals surface area (Å²) in [7, 11) is 0. The van der Waals surface area contributed by atoms with Gasteiger partial charge in [0.15, 0.2) is 5.65 Å². The third kappa shape index (κ3) is 2.05. The molecular weight excluding hydrogens is 306 g/mol. The van der Waals surface area contributed by atoms with Crippen molar-refractivity contribution in [2.24, 2.45) is 0 Å². The zero-order chi connectivity index (χ0) is 17.0. The largest absolute Gasteiger partial charge is 0.361 e. The summed E-state index contributed by atoms with van der Waals surface area (Å²) in [6.07, 6.45) is 0. The molecule has 4 aromatic heterocycles. The monoisotopic (exact) mass is 323 g/mol. The van der Waals surface area contributed by atoms with Gasteiger partial charge in [-0.05, 0) is 40.7 Å². The van der Waals surface area contributed by atoms with Gasteiger partial charge in [-0.1, -0.05) is 10.3 Å². The van der Waals surface area contributed by atoms with Gasteiger partial charge in [0.05, 0.1) is 28.2 Å². The fourth-order valence-electron chi connectivity index (χ4n) is 3.14. The highest BCUT2D eigenvalue weighted by molar-refractivity contribution is 5.94. The number of aromatic nitrogens is 5. The van der Waals surface area contributed by atoms with E-state index in [1.54, 1.807) is 0 Å². The van der Waals surface area contributed by atoms with Crippen LogP contribution in [0.2, 0.25) is 0 Å². The summed E-state index contributed by atoms with van der Waals surface area (Å²) in [5, 5.41) is 8.10. The van der Waals surface area contributed by atoms with Crippen LogP contribution in [-0.4, -0.2) is 25.3 Å². The van der Waals surface area contributed by atoms with Crippen LogP contribution in [0.3, 0.4) is 0 Å². The van der Waals surface area contributed by atoms with Crippen molar-refractivity contribution in [3.05, 3.63) is 34.8 Å². The average Bonchev–Trinajstić information content (AvgIpc) is 3.16. The number of nitrogens with zero attached hydrogens (tertiary/aromatic N) is 4. The van der Waals surface area contributed by atoms with Crippen LogP contribution in [0.1, 0.15) is 28.7 Å². The Bertz CT molecular complexity index is 1030. The lowest BCUT2D eigenvalue weighted by Crippen LogP contribution is -1.92. The van der Waals surface area contributed by atoms with Gasteiger partial charge in [0.1, 0.15) is 17.3 Å². The lowest BCUT2D eigenvalue weighted by atomic mass is 10.0. The van der Waals surface area contributed by atoms with Crippen molar-refractivity contribution in [3.8, 4) is 22.4 Å². The molecular formula is C17H17N5O2. The number of fused-ring (bicyclic) bond motifs is 1. The fourth-order valence-corrected chi connectivity index (χ4v) is 3.14. The van der Waals surface area contributed by atoms with Crippen LogP contribution in [0.5, 0.6) is 0 Å². The third-order valence-electron chi connectivity index (χ3n) is 4.17. The summed E-state index contributed by atoms with van der Waals surface area (Å²) in [5.41, 5.74) is 6.75. The number of hydrogen-bond acceptors (Lipinski definition) is 6. The van der Waals surface area contributed by atoms with Gasteiger partial charge in [-0.3, -0.25) is 0 Å². The molecule has 0 aliphatic carbocycles. The Kier molecular flexibility index (Phi) is 3.06. The molecule has 0 atom stereocenters. The Morgan fingerprint density at radius 2 is 1.46 bits per heavy atom. The molecule has 4 heterocycles. The lowest BCUT2D eigenvalue weighted by molar-refractivity contribution is 0.393. The Morgan fingerprint density at radius 1 is 0.833 bits per heavy atom. The Morgan fingerprint density at radius 3 is 2.04 bits per heavy atom. The van der Waals surface area contributed by atoms with Crippen molar-refractivity contribution in [1.29, 1.82) is 0 Å². The molecule has 0 aromatic carbocycles. The van der Waals surface area contributed by atoms with Crippen LogP contribution in [-0.2, 0) is 0 Å². The van der Waals surface area contributed by atoms with Gasteiger partial charge in [-0.25, -0.2) is 9.97 Å². The highest BCUT2D eigenvalue weighted by atomic mass is 16.5. The minimum Gasteiger partial charge on any atom is -0.361 e. The van der Waals surface area contributed by atoms with E-state index in [1.165, 1.54) is 0 Å². The quantitative estimate of drug-likeness (QED) is 0.603. The normalized spacial score (nSPS) is 11.5. The zero-order valence-corrected chi connectivity index (χ0v) is 14.2. The van der Waals surface area contributed by atoms with Crippen LogP contribution < -0.4 is 0 Å². The first-order valence-electron chi connectivity index (χ1n) is 7.69. The Hall–Kier alpha value is -2.96. The molecule has 0 spiro atoms. The second kappa shape index (κ2) is 5.02. The van der Waals surface area contributed by atoms with Gasteiger partial charge >= 0.3 is 0 Å². The minimum atomic E-state index is 0.653. The predicted molar refractivity (Wildman–Crippen MR) is 88.6 cm³/mol. The van der Waals surface area contributed by atoms with Gasteiger partial charge in [0.2, 0.25) is 0 Å². The molecule has 24 heavy (non-hydrogen) atoms. The molecule has 0 aliphatic rings. The van der Waals surface area contributed by atoms with Gasteiger partial charge in [0, 0.05) is 11.1 Å². The second-order valence-corrected chi connectivity index (χ2v) is 5.97. The lowest BCUT2D eigenvalue weighted by Gasteiger charge is -2.06. The van der Waals surface area contributed by atoms with Crippen molar-refractivity contribution in [2.45, 2.75) is 34.6 Å². The molecule has 0 bridgehead atoms.